The SMILES string of the molecule is CSc1ccc(S(N)(=O)=O)cc1NC(=O)C(C)C. The molecular formula is C11H16N2O3S2. The van der Waals surface area contributed by atoms with Gasteiger partial charge in [-0.1, -0.05) is 13.8 Å². The summed E-state index contributed by atoms with van der Waals surface area (Å²) in [6.45, 7) is 3.52. The lowest BCUT2D eigenvalue weighted by atomic mass is 10.2. The van der Waals surface area contributed by atoms with Gasteiger partial charge in [-0.2, -0.15) is 0 Å². The first-order valence-corrected chi connectivity index (χ1v) is 8.04. The summed E-state index contributed by atoms with van der Waals surface area (Å²) in [4.78, 5) is 12.4. The lowest BCUT2D eigenvalue weighted by Crippen LogP contribution is -2.19. The highest BCUT2D eigenvalue weighted by molar-refractivity contribution is 7.98. The van der Waals surface area contributed by atoms with Crippen molar-refractivity contribution in [2.24, 2.45) is 11.1 Å². The Labute approximate surface area is 111 Å². The topological polar surface area (TPSA) is 89.3 Å². The van der Waals surface area contributed by atoms with Crippen LogP contribution in [0.25, 0.3) is 0 Å². The van der Waals surface area contributed by atoms with E-state index in [4.69, 9.17) is 5.14 Å². The summed E-state index contributed by atoms with van der Waals surface area (Å²) in [5.74, 6) is -0.352. The second-order valence-electron chi connectivity index (χ2n) is 4.05. The van der Waals surface area contributed by atoms with Crippen LogP contribution in [-0.2, 0) is 14.8 Å². The molecule has 1 aromatic carbocycles. The van der Waals surface area contributed by atoms with Crippen molar-refractivity contribution in [1.29, 1.82) is 0 Å². The molecule has 0 heterocycles. The number of benzene rings is 1. The zero-order valence-electron chi connectivity index (χ0n) is 10.4. The number of primary sulfonamides is 1. The predicted molar refractivity (Wildman–Crippen MR) is 73.1 cm³/mol. The maximum atomic E-state index is 11.6. The van der Waals surface area contributed by atoms with Crippen molar-refractivity contribution >= 4 is 33.4 Å². The molecule has 0 spiro atoms. The number of carbonyl (C=O) groups excluding carboxylic acids is 1. The van der Waals surface area contributed by atoms with E-state index in [1.54, 1.807) is 19.9 Å². The van der Waals surface area contributed by atoms with Crippen molar-refractivity contribution in [3.05, 3.63) is 18.2 Å². The first-order valence-electron chi connectivity index (χ1n) is 5.27. The molecule has 0 atom stereocenters. The Morgan fingerprint density at radius 3 is 2.44 bits per heavy atom. The minimum absolute atomic E-state index is 0.0145. The Morgan fingerprint density at radius 2 is 2.00 bits per heavy atom. The molecule has 7 heteroatoms. The van der Waals surface area contributed by atoms with Gasteiger partial charge in [-0.25, -0.2) is 13.6 Å². The van der Waals surface area contributed by atoms with E-state index in [1.807, 2.05) is 6.26 Å². The number of sulfonamides is 1. The van der Waals surface area contributed by atoms with Crippen LogP contribution in [-0.4, -0.2) is 20.6 Å². The number of hydrogen-bond donors (Lipinski definition) is 2. The lowest BCUT2D eigenvalue weighted by molar-refractivity contribution is -0.118. The van der Waals surface area contributed by atoms with Gasteiger partial charge in [-0.3, -0.25) is 4.79 Å². The molecular weight excluding hydrogens is 272 g/mol. The van der Waals surface area contributed by atoms with Gasteiger partial charge in [0.05, 0.1) is 10.6 Å². The molecule has 0 saturated carbocycles. The van der Waals surface area contributed by atoms with Crippen LogP contribution in [0.5, 0.6) is 0 Å². The number of hydrogen-bond acceptors (Lipinski definition) is 4. The van der Waals surface area contributed by atoms with Crippen molar-refractivity contribution < 1.29 is 13.2 Å². The number of rotatable bonds is 4. The molecule has 18 heavy (non-hydrogen) atoms. The highest BCUT2D eigenvalue weighted by Crippen LogP contribution is 2.28. The average Bonchev–Trinajstić information content (AvgIpc) is 2.27. The maximum Gasteiger partial charge on any atom is 0.238 e. The Balaban J connectivity index is 3.19. The molecule has 3 N–H and O–H groups in total. The van der Waals surface area contributed by atoms with E-state index in [-0.39, 0.29) is 16.7 Å². The van der Waals surface area contributed by atoms with Gasteiger partial charge in [-0.05, 0) is 24.5 Å². The lowest BCUT2D eigenvalue weighted by Gasteiger charge is -2.12. The number of nitrogens with one attached hydrogen (secondary N) is 1. The van der Waals surface area contributed by atoms with Crippen LogP contribution >= 0.6 is 11.8 Å². The van der Waals surface area contributed by atoms with Crippen LogP contribution in [0.15, 0.2) is 28.0 Å². The first-order chi connectivity index (χ1) is 8.25. The van der Waals surface area contributed by atoms with Crippen LogP contribution in [0.3, 0.4) is 0 Å². The number of carbonyl (C=O) groups is 1. The van der Waals surface area contributed by atoms with Gasteiger partial charge in [0.15, 0.2) is 0 Å². The van der Waals surface area contributed by atoms with E-state index < -0.39 is 10.0 Å². The fourth-order valence-electron chi connectivity index (χ4n) is 1.24. The van der Waals surface area contributed by atoms with Crippen LogP contribution in [0.1, 0.15) is 13.8 Å². The maximum absolute atomic E-state index is 11.6. The molecule has 0 aliphatic heterocycles. The van der Waals surface area contributed by atoms with E-state index in [0.29, 0.717) is 5.69 Å². The Bertz CT molecular complexity index is 553. The Morgan fingerprint density at radius 1 is 1.39 bits per heavy atom. The van der Waals surface area contributed by atoms with Crippen molar-refractivity contribution in [1.82, 2.24) is 0 Å². The second-order valence-corrected chi connectivity index (χ2v) is 6.46. The molecule has 0 aliphatic carbocycles. The fourth-order valence-corrected chi connectivity index (χ4v) is 2.31. The van der Waals surface area contributed by atoms with E-state index in [1.165, 1.54) is 23.9 Å². The Kier molecular flexibility index (Phi) is 4.78. The monoisotopic (exact) mass is 288 g/mol. The predicted octanol–water partition coefficient (Wildman–Crippen LogP) is 1.65. The van der Waals surface area contributed by atoms with Gasteiger partial charge in [0.2, 0.25) is 15.9 Å². The third-order valence-electron chi connectivity index (χ3n) is 2.28. The summed E-state index contributed by atoms with van der Waals surface area (Å²) in [6, 6.07) is 4.42. The summed E-state index contributed by atoms with van der Waals surface area (Å²) in [5.41, 5.74) is 0.465. The molecule has 5 nitrogen and oxygen atoms in total. The number of nitrogens with two attached hydrogens (primary N) is 1. The third kappa shape index (κ3) is 3.72. The quantitative estimate of drug-likeness (QED) is 0.824. The molecule has 1 rings (SSSR count). The van der Waals surface area contributed by atoms with Crippen LogP contribution in [0.4, 0.5) is 5.69 Å². The van der Waals surface area contributed by atoms with Gasteiger partial charge in [-0.15, -0.1) is 11.8 Å². The van der Waals surface area contributed by atoms with E-state index in [0.717, 1.165) is 4.90 Å². The molecule has 0 radical (unpaired) electrons. The van der Waals surface area contributed by atoms with Gasteiger partial charge < -0.3 is 5.32 Å². The largest absolute Gasteiger partial charge is 0.325 e. The zero-order valence-corrected chi connectivity index (χ0v) is 12.1. The molecule has 0 unspecified atom stereocenters. The number of amides is 1. The Hall–Kier alpha value is -1.05. The van der Waals surface area contributed by atoms with Gasteiger partial charge in [0.25, 0.3) is 0 Å². The molecule has 1 amide bonds. The smallest absolute Gasteiger partial charge is 0.238 e. The molecule has 100 valence electrons. The van der Waals surface area contributed by atoms with E-state index >= 15 is 0 Å². The van der Waals surface area contributed by atoms with Crippen LogP contribution < -0.4 is 10.5 Å². The van der Waals surface area contributed by atoms with Crippen molar-refractivity contribution in [3.63, 3.8) is 0 Å². The molecule has 0 fully saturated rings. The van der Waals surface area contributed by atoms with Crippen LogP contribution in [0, 0.1) is 5.92 Å². The number of anilines is 1. The highest BCUT2D eigenvalue weighted by Gasteiger charge is 2.14. The minimum Gasteiger partial charge on any atom is -0.325 e. The van der Waals surface area contributed by atoms with Crippen molar-refractivity contribution in [2.45, 2.75) is 23.6 Å². The number of thioether (sulfide) groups is 1. The van der Waals surface area contributed by atoms with Crippen LogP contribution in [0.2, 0.25) is 0 Å². The fraction of sp³-hybridized carbons (Fsp3) is 0.364. The minimum atomic E-state index is -3.77. The summed E-state index contributed by atoms with van der Waals surface area (Å²) in [5, 5.41) is 7.75. The standard InChI is InChI=1S/C11H16N2O3S2/c1-7(2)11(14)13-9-6-8(18(12,15)16)4-5-10(9)17-3/h4-7H,1-3H3,(H,13,14)(H2,12,15,16). The first kappa shape index (κ1) is 15.0. The third-order valence-corrected chi connectivity index (χ3v) is 3.99. The van der Waals surface area contributed by atoms with Crippen molar-refractivity contribution in [2.75, 3.05) is 11.6 Å². The summed E-state index contributed by atoms with van der Waals surface area (Å²) < 4.78 is 22.5. The summed E-state index contributed by atoms with van der Waals surface area (Å²) in [6.07, 6.45) is 1.84. The van der Waals surface area contributed by atoms with Gasteiger partial charge >= 0.3 is 0 Å². The van der Waals surface area contributed by atoms with Gasteiger partial charge in [0.1, 0.15) is 0 Å². The summed E-state index contributed by atoms with van der Waals surface area (Å²) >= 11 is 1.42. The van der Waals surface area contributed by atoms with E-state index in [9.17, 15) is 13.2 Å². The van der Waals surface area contributed by atoms with Gasteiger partial charge in [0, 0.05) is 10.8 Å². The summed E-state index contributed by atoms with van der Waals surface area (Å²) in [7, 11) is -3.77. The zero-order chi connectivity index (χ0) is 13.9. The molecule has 0 aliphatic rings. The average molecular weight is 288 g/mol. The molecule has 0 aromatic heterocycles. The highest BCUT2D eigenvalue weighted by atomic mass is 32.2. The molecule has 1 aromatic rings. The van der Waals surface area contributed by atoms with Crippen molar-refractivity contribution in [3.8, 4) is 0 Å². The normalized spacial score (nSPS) is 11.6. The second kappa shape index (κ2) is 5.73. The molecule has 0 bridgehead atoms. The van der Waals surface area contributed by atoms with E-state index in [2.05, 4.69) is 5.32 Å². The molecule has 0 saturated heterocycles.